The van der Waals surface area contributed by atoms with Gasteiger partial charge in [-0.15, -0.1) is 6.58 Å². The standard InChI is InChI=1S/C43H59N3O10S/c1-4-21-46(57(51,52)33-18-15-31(16-19-33)44-29(3)49)39-28-37(45-56-40-14-8-11-25-53-40)35-26-30(12-6-9-22-47)34(13-7-10-23-48)41-36-27-32(50)17-20-38(36)55-43(39,42(35)41)54-24-5-2/h5,15-20,26-27,30,34,39-42,47-48,50H,2,4,6-14,21-25,28H2,1,3H3,(H,44,49)/t30-,34+,39-,40?,41+,42+,43+/m0/s1. The molecule has 0 bridgehead atoms. The second-order valence-corrected chi connectivity index (χ2v) is 17.4. The van der Waals surface area contributed by atoms with Gasteiger partial charge < -0.3 is 39.7 Å². The number of oxime groups is 1. The van der Waals surface area contributed by atoms with E-state index in [1.54, 1.807) is 36.4 Å². The van der Waals surface area contributed by atoms with Crippen molar-refractivity contribution in [1.29, 1.82) is 0 Å². The van der Waals surface area contributed by atoms with E-state index in [0.717, 1.165) is 49.7 Å². The summed E-state index contributed by atoms with van der Waals surface area (Å²) in [5.41, 5.74) is 2.68. The highest BCUT2D eigenvalue weighted by Crippen LogP contribution is 2.62. The van der Waals surface area contributed by atoms with Crippen LogP contribution in [0.4, 0.5) is 5.69 Å². The molecular weight excluding hydrogens is 751 g/mol. The monoisotopic (exact) mass is 809 g/mol. The van der Waals surface area contributed by atoms with Crippen molar-refractivity contribution < 1.29 is 47.6 Å². The van der Waals surface area contributed by atoms with Crippen molar-refractivity contribution in [3.05, 3.63) is 72.3 Å². The maximum absolute atomic E-state index is 15.1. The van der Waals surface area contributed by atoms with E-state index in [4.69, 9.17) is 24.2 Å². The van der Waals surface area contributed by atoms with E-state index in [-0.39, 0.29) is 67.1 Å². The number of aliphatic hydroxyl groups is 2. The van der Waals surface area contributed by atoms with Crippen LogP contribution >= 0.6 is 0 Å². The zero-order chi connectivity index (χ0) is 40.6. The number of rotatable bonds is 19. The van der Waals surface area contributed by atoms with Crippen LogP contribution < -0.4 is 10.1 Å². The number of nitrogens with one attached hydrogen (secondary N) is 1. The summed E-state index contributed by atoms with van der Waals surface area (Å²) in [5, 5.41) is 38.1. The molecule has 13 nitrogen and oxygen atoms in total. The van der Waals surface area contributed by atoms with Crippen molar-refractivity contribution in [3.63, 3.8) is 0 Å². The Hall–Kier alpha value is -3.79. The van der Waals surface area contributed by atoms with Crippen molar-refractivity contribution in [2.45, 2.75) is 113 Å². The first-order valence-corrected chi connectivity index (χ1v) is 22.0. The molecule has 2 heterocycles. The number of nitrogens with zero attached hydrogens (tertiary/aromatic N) is 2. The first-order valence-electron chi connectivity index (χ1n) is 20.5. The fourth-order valence-electron chi connectivity index (χ4n) is 9.26. The third-order valence-corrected chi connectivity index (χ3v) is 13.6. The number of allylic oxidation sites excluding steroid dienone is 1. The molecule has 312 valence electrons. The van der Waals surface area contributed by atoms with E-state index >= 15 is 8.42 Å². The van der Waals surface area contributed by atoms with Gasteiger partial charge in [0.05, 0.1) is 35.8 Å². The van der Waals surface area contributed by atoms with Gasteiger partial charge in [0, 0.05) is 56.7 Å². The number of benzene rings is 2. The Bertz CT molecular complexity index is 1860. The van der Waals surface area contributed by atoms with Crippen LogP contribution in [0.5, 0.6) is 11.5 Å². The Labute approximate surface area is 336 Å². The first kappa shape index (κ1) is 42.8. The van der Waals surface area contributed by atoms with E-state index in [1.165, 1.54) is 23.4 Å². The molecule has 4 N–H and O–H groups in total. The molecule has 2 aromatic rings. The molecule has 7 atom stereocenters. The molecule has 2 aromatic carbocycles. The number of aliphatic hydroxyl groups excluding tert-OH is 2. The number of hydrogen-bond donors (Lipinski definition) is 4. The van der Waals surface area contributed by atoms with Crippen LogP contribution in [0.2, 0.25) is 0 Å². The van der Waals surface area contributed by atoms with Gasteiger partial charge in [0.1, 0.15) is 11.5 Å². The van der Waals surface area contributed by atoms with Crippen LogP contribution in [0.1, 0.15) is 96.0 Å². The van der Waals surface area contributed by atoms with Crippen LogP contribution in [0.3, 0.4) is 0 Å². The van der Waals surface area contributed by atoms with Gasteiger partial charge >= 0.3 is 0 Å². The highest BCUT2D eigenvalue weighted by Gasteiger charge is 2.66. The number of sulfonamides is 1. The number of hydrogen-bond acceptors (Lipinski definition) is 11. The number of carbonyl (C=O) groups excluding carboxylic acids is 1. The van der Waals surface area contributed by atoms with E-state index in [9.17, 15) is 20.1 Å². The van der Waals surface area contributed by atoms with Crippen LogP contribution in [0.25, 0.3) is 0 Å². The van der Waals surface area contributed by atoms with Gasteiger partial charge in [0.15, 0.2) is 0 Å². The fourth-order valence-corrected chi connectivity index (χ4v) is 11.0. The molecule has 1 saturated carbocycles. The maximum atomic E-state index is 15.1. The van der Waals surface area contributed by atoms with Crippen molar-refractivity contribution in [3.8, 4) is 11.5 Å². The van der Waals surface area contributed by atoms with Crippen molar-refractivity contribution in [2.75, 3.05) is 38.3 Å². The lowest BCUT2D eigenvalue weighted by Gasteiger charge is -2.59. The van der Waals surface area contributed by atoms with Crippen LogP contribution in [0.15, 0.2) is 76.8 Å². The van der Waals surface area contributed by atoms with Gasteiger partial charge in [0.2, 0.25) is 28.0 Å². The van der Waals surface area contributed by atoms with E-state index in [1.807, 2.05) is 6.92 Å². The quantitative estimate of drug-likeness (QED) is 0.0686. The topological polar surface area (TPSA) is 176 Å². The highest BCUT2D eigenvalue weighted by atomic mass is 32.2. The van der Waals surface area contributed by atoms with Gasteiger partial charge in [-0.3, -0.25) is 4.79 Å². The molecular formula is C43H59N3O10S. The summed E-state index contributed by atoms with van der Waals surface area (Å²) in [6.07, 6.45) is 10.7. The Morgan fingerprint density at radius 1 is 1.09 bits per heavy atom. The molecule has 0 aromatic heterocycles. The molecule has 6 rings (SSSR count). The lowest BCUT2D eigenvalue weighted by molar-refractivity contribution is -0.251. The minimum atomic E-state index is -4.24. The molecule has 0 radical (unpaired) electrons. The van der Waals surface area contributed by atoms with Gasteiger partial charge in [-0.2, -0.15) is 4.31 Å². The second-order valence-electron chi connectivity index (χ2n) is 15.5. The molecule has 1 amide bonds. The van der Waals surface area contributed by atoms with Crippen molar-refractivity contribution in [2.24, 2.45) is 22.9 Å². The molecule has 14 heteroatoms. The summed E-state index contributed by atoms with van der Waals surface area (Å²) in [6.45, 7) is 8.15. The summed E-state index contributed by atoms with van der Waals surface area (Å²) in [7, 11) is -4.24. The lowest BCUT2D eigenvalue weighted by Crippen LogP contribution is -2.70. The molecule has 2 fully saturated rings. The van der Waals surface area contributed by atoms with Crippen LogP contribution in [0, 0.1) is 17.8 Å². The Morgan fingerprint density at radius 2 is 1.84 bits per heavy atom. The number of carbonyl (C=O) groups is 1. The van der Waals surface area contributed by atoms with Gasteiger partial charge in [-0.1, -0.05) is 37.1 Å². The van der Waals surface area contributed by atoms with Crippen LogP contribution in [-0.4, -0.2) is 90.8 Å². The average Bonchev–Trinajstić information content (AvgIpc) is 3.20. The molecule has 1 saturated heterocycles. The zero-order valence-electron chi connectivity index (χ0n) is 33.2. The predicted molar refractivity (Wildman–Crippen MR) is 216 cm³/mol. The van der Waals surface area contributed by atoms with Gasteiger partial charge in [-0.25, -0.2) is 8.42 Å². The number of aromatic hydroxyl groups is 1. The van der Waals surface area contributed by atoms with E-state index in [0.29, 0.717) is 49.4 Å². The Balaban J connectivity index is 1.58. The number of fused-ring (bicyclic) bond motifs is 2. The van der Waals surface area contributed by atoms with Crippen molar-refractivity contribution >= 4 is 27.3 Å². The molecule has 1 unspecified atom stereocenters. The largest absolute Gasteiger partial charge is 0.508 e. The molecule has 2 aliphatic carbocycles. The Morgan fingerprint density at radius 3 is 2.51 bits per heavy atom. The predicted octanol–water partition coefficient (Wildman–Crippen LogP) is 6.61. The number of phenols is 1. The summed E-state index contributed by atoms with van der Waals surface area (Å²) in [5.74, 6) is -2.23. The van der Waals surface area contributed by atoms with Crippen molar-refractivity contribution in [1.82, 2.24) is 4.31 Å². The van der Waals surface area contributed by atoms with Crippen LogP contribution in [-0.2, 0) is 29.1 Å². The fraction of sp³-hybridized carbons (Fsp3) is 0.581. The van der Waals surface area contributed by atoms with Gasteiger partial charge in [0.25, 0.3) is 0 Å². The molecule has 0 spiro atoms. The number of anilines is 1. The Kier molecular flexibility index (Phi) is 14.5. The van der Waals surface area contributed by atoms with Gasteiger partial charge in [-0.05, 0) is 105 Å². The number of phenolic OH excluding ortho intramolecular Hbond substituents is 1. The first-order chi connectivity index (χ1) is 27.6. The maximum Gasteiger partial charge on any atom is 0.243 e. The van der Waals surface area contributed by atoms with E-state index < -0.39 is 34.1 Å². The third-order valence-electron chi connectivity index (χ3n) is 11.6. The summed E-state index contributed by atoms with van der Waals surface area (Å²) in [6, 6.07) is 10.2. The third kappa shape index (κ3) is 9.26. The lowest BCUT2D eigenvalue weighted by atomic mass is 9.55. The summed E-state index contributed by atoms with van der Waals surface area (Å²) in [4.78, 5) is 18.0. The average molecular weight is 810 g/mol. The number of unbranched alkanes of at least 4 members (excludes halogenated alkanes) is 2. The number of amides is 1. The zero-order valence-corrected chi connectivity index (χ0v) is 34.0. The normalized spacial score (nSPS) is 27.5. The molecule has 57 heavy (non-hydrogen) atoms. The smallest absolute Gasteiger partial charge is 0.243 e. The summed E-state index contributed by atoms with van der Waals surface area (Å²) < 4.78 is 51.6. The molecule has 2 aliphatic heterocycles. The molecule has 4 aliphatic rings. The minimum Gasteiger partial charge on any atom is -0.508 e. The SMILES string of the molecule is C=CCO[C@@]12Oc3ccc(O)cc3[C@H]3[C@H](CCCCO)[C@@H](CCCCO)C=C(C(=NOC4CCCCO4)C[C@@H]1N(CCC)S(=O)(=O)c1ccc(NC(C)=O)cc1)[C@H]32. The van der Waals surface area contributed by atoms with E-state index in [2.05, 4.69) is 18.0 Å². The number of ether oxygens (including phenoxy) is 3. The second kappa shape index (κ2) is 19.3. The summed E-state index contributed by atoms with van der Waals surface area (Å²) >= 11 is 0. The highest BCUT2D eigenvalue weighted by molar-refractivity contribution is 7.89. The minimum absolute atomic E-state index is 0.0159.